The molecule has 0 bridgehead atoms. The summed E-state index contributed by atoms with van der Waals surface area (Å²) < 4.78 is 0. The smallest absolute Gasteiger partial charge is 0.241 e. The van der Waals surface area contributed by atoms with Crippen LogP contribution in [0.5, 0.6) is 0 Å². The number of nitrogens with one attached hydrogen (secondary N) is 2. The fraction of sp³-hybridized carbons (Fsp3) is 0.529. The summed E-state index contributed by atoms with van der Waals surface area (Å²) in [5, 5.41) is 2.92. The Labute approximate surface area is 130 Å². The molecule has 1 aliphatic rings. The van der Waals surface area contributed by atoms with E-state index in [4.69, 9.17) is 5.73 Å². The van der Waals surface area contributed by atoms with Crippen LogP contribution < -0.4 is 11.1 Å². The molecule has 1 atom stereocenters. The Balaban J connectivity index is 1.61. The highest BCUT2D eigenvalue weighted by atomic mass is 16.2. The predicted octanol–water partition coefficient (Wildman–Crippen LogP) is 3.11. The van der Waals surface area contributed by atoms with Crippen molar-refractivity contribution in [2.24, 2.45) is 11.7 Å². The van der Waals surface area contributed by atoms with Crippen molar-refractivity contribution in [1.82, 2.24) is 9.97 Å². The number of aromatic nitrogens is 2. The first-order chi connectivity index (χ1) is 10.6. The van der Waals surface area contributed by atoms with E-state index < -0.39 is 6.04 Å². The summed E-state index contributed by atoms with van der Waals surface area (Å²) in [6.45, 7) is 1.92. The van der Waals surface area contributed by atoms with Gasteiger partial charge in [0, 0.05) is 5.69 Å². The molecule has 0 saturated heterocycles. The molecule has 2 aromatic rings. The summed E-state index contributed by atoms with van der Waals surface area (Å²) in [6, 6.07) is 5.25. The SMILES string of the molecule is Cc1nc2ccc(NC(=O)C(N)CC3CCCCC3)cc2[nH]1. The van der Waals surface area contributed by atoms with Gasteiger partial charge < -0.3 is 16.0 Å². The fourth-order valence-corrected chi connectivity index (χ4v) is 3.34. The van der Waals surface area contributed by atoms with Crippen molar-refractivity contribution in [3.05, 3.63) is 24.0 Å². The quantitative estimate of drug-likeness (QED) is 0.811. The third kappa shape index (κ3) is 3.47. The molecule has 0 radical (unpaired) electrons. The first-order valence-corrected chi connectivity index (χ1v) is 8.14. The number of aromatic amines is 1. The number of nitrogens with two attached hydrogens (primary N) is 1. The number of amides is 1. The van der Waals surface area contributed by atoms with Gasteiger partial charge in [-0.2, -0.15) is 0 Å². The molecule has 1 amide bonds. The van der Waals surface area contributed by atoms with Crippen molar-refractivity contribution in [2.45, 2.75) is 51.5 Å². The summed E-state index contributed by atoms with van der Waals surface area (Å²) in [5.41, 5.74) is 8.68. The third-order valence-corrected chi connectivity index (χ3v) is 4.52. The van der Waals surface area contributed by atoms with Crippen molar-refractivity contribution in [3.8, 4) is 0 Å². The van der Waals surface area contributed by atoms with Gasteiger partial charge in [-0.15, -0.1) is 0 Å². The number of benzene rings is 1. The maximum absolute atomic E-state index is 12.3. The molecule has 3 rings (SSSR count). The minimum Gasteiger partial charge on any atom is -0.342 e. The Hall–Kier alpha value is -1.88. The van der Waals surface area contributed by atoms with Gasteiger partial charge in [0.25, 0.3) is 0 Å². The zero-order valence-electron chi connectivity index (χ0n) is 13.1. The van der Waals surface area contributed by atoms with E-state index in [9.17, 15) is 4.79 Å². The van der Waals surface area contributed by atoms with Crippen LogP contribution in [-0.2, 0) is 4.79 Å². The number of aryl methyl sites for hydroxylation is 1. The molecule has 1 unspecified atom stereocenters. The van der Waals surface area contributed by atoms with Crippen LogP contribution in [0, 0.1) is 12.8 Å². The summed E-state index contributed by atoms with van der Waals surface area (Å²) in [6.07, 6.45) is 7.07. The lowest BCUT2D eigenvalue weighted by atomic mass is 9.85. The molecule has 5 nitrogen and oxygen atoms in total. The highest BCUT2D eigenvalue weighted by molar-refractivity contribution is 5.96. The van der Waals surface area contributed by atoms with Gasteiger partial charge in [-0.25, -0.2) is 4.98 Å². The van der Waals surface area contributed by atoms with Crippen molar-refractivity contribution < 1.29 is 4.79 Å². The number of nitrogens with zero attached hydrogens (tertiary/aromatic N) is 1. The summed E-state index contributed by atoms with van der Waals surface area (Å²) >= 11 is 0. The number of hydrogen-bond donors (Lipinski definition) is 3. The Morgan fingerprint density at radius 1 is 1.41 bits per heavy atom. The van der Waals surface area contributed by atoms with Crippen LogP contribution in [0.25, 0.3) is 11.0 Å². The van der Waals surface area contributed by atoms with E-state index in [1.807, 2.05) is 25.1 Å². The predicted molar refractivity (Wildman–Crippen MR) is 88.6 cm³/mol. The lowest BCUT2D eigenvalue weighted by Gasteiger charge is -2.24. The van der Waals surface area contributed by atoms with Crippen molar-refractivity contribution in [1.29, 1.82) is 0 Å². The average molecular weight is 300 g/mol. The van der Waals surface area contributed by atoms with Crippen molar-refractivity contribution in [3.63, 3.8) is 0 Å². The van der Waals surface area contributed by atoms with Gasteiger partial charge in [0.2, 0.25) is 5.91 Å². The molecule has 1 saturated carbocycles. The van der Waals surface area contributed by atoms with Gasteiger partial charge in [0.05, 0.1) is 17.1 Å². The molecule has 1 aromatic heterocycles. The fourth-order valence-electron chi connectivity index (χ4n) is 3.34. The maximum atomic E-state index is 12.3. The topological polar surface area (TPSA) is 83.8 Å². The second-order valence-corrected chi connectivity index (χ2v) is 6.39. The molecule has 1 heterocycles. The van der Waals surface area contributed by atoms with Gasteiger partial charge in [0.1, 0.15) is 5.82 Å². The standard InChI is InChI=1S/C17H24N4O/c1-11-19-15-8-7-13(10-16(15)20-11)21-17(22)14(18)9-12-5-3-2-4-6-12/h7-8,10,12,14H,2-6,9,18H2,1H3,(H,19,20)(H,21,22). The summed E-state index contributed by atoms with van der Waals surface area (Å²) in [7, 11) is 0. The van der Waals surface area contributed by atoms with E-state index in [2.05, 4.69) is 15.3 Å². The first-order valence-electron chi connectivity index (χ1n) is 8.14. The van der Waals surface area contributed by atoms with Crippen LogP contribution in [0.4, 0.5) is 5.69 Å². The van der Waals surface area contributed by atoms with Gasteiger partial charge in [-0.05, 0) is 37.5 Å². The average Bonchev–Trinajstić information content (AvgIpc) is 2.87. The molecule has 5 heteroatoms. The van der Waals surface area contributed by atoms with E-state index in [0.717, 1.165) is 29.0 Å². The monoisotopic (exact) mass is 300 g/mol. The van der Waals surface area contributed by atoms with Gasteiger partial charge in [0.15, 0.2) is 0 Å². The van der Waals surface area contributed by atoms with Crippen LogP contribution in [0.15, 0.2) is 18.2 Å². The highest BCUT2D eigenvalue weighted by Crippen LogP contribution is 2.27. The van der Waals surface area contributed by atoms with Crippen LogP contribution in [0.1, 0.15) is 44.3 Å². The molecule has 1 aromatic carbocycles. The molecular formula is C17H24N4O. The Bertz CT molecular complexity index is 658. The van der Waals surface area contributed by atoms with Crippen molar-refractivity contribution >= 4 is 22.6 Å². The lowest BCUT2D eigenvalue weighted by molar-refractivity contribution is -0.117. The van der Waals surface area contributed by atoms with E-state index in [0.29, 0.717) is 5.92 Å². The van der Waals surface area contributed by atoms with E-state index >= 15 is 0 Å². The van der Waals surface area contributed by atoms with Crippen LogP contribution >= 0.6 is 0 Å². The second kappa shape index (κ2) is 6.48. The molecule has 0 spiro atoms. The van der Waals surface area contributed by atoms with E-state index in [1.165, 1.54) is 32.1 Å². The molecule has 1 aliphatic carbocycles. The second-order valence-electron chi connectivity index (χ2n) is 6.39. The third-order valence-electron chi connectivity index (χ3n) is 4.52. The molecule has 118 valence electrons. The van der Waals surface area contributed by atoms with E-state index in [1.54, 1.807) is 0 Å². The highest BCUT2D eigenvalue weighted by Gasteiger charge is 2.21. The summed E-state index contributed by atoms with van der Waals surface area (Å²) in [5.74, 6) is 1.38. The number of carbonyl (C=O) groups excluding carboxylic acids is 1. The Morgan fingerprint density at radius 3 is 2.95 bits per heavy atom. The zero-order valence-corrected chi connectivity index (χ0v) is 13.1. The molecule has 4 N–H and O–H groups in total. The number of rotatable bonds is 4. The maximum Gasteiger partial charge on any atom is 0.241 e. The normalized spacial score (nSPS) is 17.5. The molecular weight excluding hydrogens is 276 g/mol. The molecule has 1 fully saturated rings. The molecule has 0 aliphatic heterocycles. The van der Waals surface area contributed by atoms with E-state index in [-0.39, 0.29) is 5.91 Å². The number of carbonyl (C=O) groups is 1. The zero-order chi connectivity index (χ0) is 15.5. The number of hydrogen-bond acceptors (Lipinski definition) is 3. The Kier molecular flexibility index (Phi) is 4.43. The molecule has 22 heavy (non-hydrogen) atoms. The van der Waals surface area contributed by atoms with Gasteiger partial charge >= 0.3 is 0 Å². The van der Waals surface area contributed by atoms with Gasteiger partial charge in [-0.3, -0.25) is 4.79 Å². The number of imidazole rings is 1. The van der Waals surface area contributed by atoms with Crippen LogP contribution in [0.2, 0.25) is 0 Å². The van der Waals surface area contributed by atoms with Crippen LogP contribution in [0.3, 0.4) is 0 Å². The van der Waals surface area contributed by atoms with Crippen molar-refractivity contribution in [2.75, 3.05) is 5.32 Å². The Morgan fingerprint density at radius 2 is 2.18 bits per heavy atom. The minimum absolute atomic E-state index is 0.0961. The first kappa shape index (κ1) is 15.0. The van der Waals surface area contributed by atoms with Crippen LogP contribution in [-0.4, -0.2) is 21.9 Å². The largest absolute Gasteiger partial charge is 0.342 e. The number of fused-ring (bicyclic) bond motifs is 1. The number of anilines is 1. The summed E-state index contributed by atoms with van der Waals surface area (Å²) in [4.78, 5) is 19.8. The minimum atomic E-state index is -0.428. The lowest BCUT2D eigenvalue weighted by Crippen LogP contribution is -2.37. The van der Waals surface area contributed by atoms with Gasteiger partial charge in [-0.1, -0.05) is 32.1 Å². The number of H-pyrrole nitrogens is 1.